The number of nitrogens with one attached hydrogen (secondary N) is 2. The highest BCUT2D eigenvalue weighted by Gasteiger charge is 2.57. The van der Waals surface area contributed by atoms with Gasteiger partial charge in [0.2, 0.25) is 5.91 Å². The van der Waals surface area contributed by atoms with Crippen molar-refractivity contribution in [2.24, 2.45) is 17.3 Å². The lowest BCUT2D eigenvalue weighted by Gasteiger charge is -2.30. The van der Waals surface area contributed by atoms with Crippen LogP contribution in [0.1, 0.15) is 39.0 Å². The van der Waals surface area contributed by atoms with Crippen LogP contribution in [0.15, 0.2) is 0 Å². The van der Waals surface area contributed by atoms with Gasteiger partial charge >= 0.3 is 0 Å². The van der Waals surface area contributed by atoms with Crippen LogP contribution in [0.4, 0.5) is 0 Å². The topological polar surface area (TPSA) is 44.4 Å². The highest BCUT2D eigenvalue weighted by molar-refractivity contribution is 5.82. The molecule has 4 nitrogen and oxygen atoms in total. The van der Waals surface area contributed by atoms with Crippen LogP contribution in [0, 0.1) is 17.3 Å². The summed E-state index contributed by atoms with van der Waals surface area (Å²) in [5.41, 5.74) is 0.371. The predicted molar refractivity (Wildman–Crippen MR) is 80.5 cm³/mol. The Hall–Kier alpha value is -0.610. The summed E-state index contributed by atoms with van der Waals surface area (Å²) in [7, 11) is 0. The lowest BCUT2D eigenvalue weighted by atomic mass is 9.92. The molecule has 3 fully saturated rings. The molecule has 1 aliphatic carbocycles. The van der Waals surface area contributed by atoms with Gasteiger partial charge in [0.15, 0.2) is 0 Å². The third kappa shape index (κ3) is 3.17. The molecular formula is C16H29N3O. The molecule has 1 spiro atoms. The van der Waals surface area contributed by atoms with Crippen LogP contribution in [0.3, 0.4) is 0 Å². The van der Waals surface area contributed by atoms with Crippen molar-refractivity contribution in [3.8, 4) is 0 Å². The van der Waals surface area contributed by atoms with Crippen molar-refractivity contribution < 1.29 is 4.79 Å². The second-order valence-corrected chi connectivity index (χ2v) is 7.18. The van der Waals surface area contributed by atoms with Gasteiger partial charge in [-0.2, -0.15) is 0 Å². The van der Waals surface area contributed by atoms with Crippen LogP contribution in [0.25, 0.3) is 0 Å². The number of carbonyl (C=O) groups is 1. The molecule has 2 heterocycles. The Bertz CT molecular complexity index is 344. The maximum Gasteiger partial charge on any atom is 0.223 e. The molecule has 3 aliphatic rings. The number of carbonyl (C=O) groups excluding carboxylic acids is 1. The average molecular weight is 279 g/mol. The molecule has 114 valence electrons. The van der Waals surface area contributed by atoms with Gasteiger partial charge in [0.25, 0.3) is 0 Å². The molecule has 2 aliphatic heterocycles. The molecule has 2 saturated heterocycles. The number of piperidine rings is 2. The van der Waals surface area contributed by atoms with E-state index in [1.807, 2.05) is 0 Å². The van der Waals surface area contributed by atoms with Crippen LogP contribution < -0.4 is 10.6 Å². The summed E-state index contributed by atoms with van der Waals surface area (Å²) in [4.78, 5) is 14.7. The number of likely N-dealkylation sites (tertiary alicyclic amines) is 1. The molecule has 4 heteroatoms. The van der Waals surface area contributed by atoms with Crippen molar-refractivity contribution in [3.63, 3.8) is 0 Å². The van der Waals surface area contributed by atoms with Gasteiger partial charge in [0.1, 0.15) is 0 Å². The summed E-state index contributed by atoms with van der Waals surface area (Å²) in [6.07, 6.45) is 6.13. The predicted octanol–water partition coefficient (Wildman–Crippen LogP) is 1.22. The van der Waals surface area contributed by atoms with E-state index in [0.29, 0.717) is 17.2 Å². The van der Waals surface area contributed by atoms with Gasteiger partial charge in [-0.3, -0.25) is 4.79 Å². The van der Waals surface area contributed by atoms with Gasteiger partial charge < -0.3 is 15.5 Å². The molecule has 1 saturated carbocycles. The van der Waals surface area contributed by atoms with Crippen molar-refractivity contribution >= 4 is 5.91 Å². The van der Waals surface area contributed by atoms with E-state index in [-0.39, 0.29) is 0 Å². The third-order valence-electron chi connectivity index (χ3n) is 5.71. The van der Waals surface area contributed by atoms with Crippen molar-refractivity contribution in [3.05, 3.63) is 0 Å². The second-order valence-electron chi connectivity index (χ2n) is 7.18. The van der Waals surface area contributed by atoms with E-state index in [1.54, 1.807) is 0 Å². The Morgan fingerprint density at radius 2 is 2.00 bits per heavy atom. The minimum atomic E-state index is 0.311. The Morgan fingerprint density at radius 1 is 1.30 bits per heavy atom. The van der Waals surface area contributed by atoms with Crippen LogP contribution >= 0.6 is 0 Å². The van der Waals surface area contributed by atoms with E-state index < -0.39 is 0 Å². The Kier molecular flexibility index (Phi) is 4.32. The van der Waals surface area contributed by atoms with Gasteiger partial charge in [-0.25, -0.2) is 0 Å². The van der Waals surface area contributed by atoms with E-state index in [1.165, 1.54) is 38.8 Å². The maximum atomic E-state index is 12.2. The van der Waals surface area contributed by atoms with Crippen LogP contribution in [-0.2, 0) is 4.79 Å². The quantitative estimate of drug-likeness (QED) is 0.813. The van der Waals surface area contributed by atoms with E-state index in [9.17, 15) is 4.79 Å². The van der Waals surface area contributed by atoms with Crippen LogP contribution in [0.5, 0.6) is 0 Å². The molecule has 0 bridgehead atoms. The standard InChI is InChI=1S/C16H29N3O/c1-13-2-9-19(10-3-13)11-8-18-15(20)14-12-16(14)4-6-17-7-5-16/h13-14,17H,2-12H2,1H3,(H,18,20). The van der Waals surface area contributed by atoms with Crippen LogP contribution in [-0.4, -0.2) is 50.1 Å². The summed E-state index contributed by atoms with van der Waals surface area (Å²) in [5, 5.41) is 6.56. The lowest BCUT2D eigenvalue weighted by Crippen LogP contribution is -2.40. The fraction of sp³-hybridized carbons (Fsp3) is 0.938. The fourth-order valence-corrected chi connectivity index (χ4v) is 3.94. The monoisotopic (exact) mass is 279 g/mol. The highest BCUT2D eigenvalue weighted by atomic mass is 16.2. The molecule has 3 rings (SSSR count). The highest BCUT2D eigenvalue weighted by Crippen LogP contribution is 2.58. The van der Waals surface area contributed by atoms with Gasteiger partial charge in [-0.1, -0.05) is 6.92 Å². The number of hydrogen-bond donors (Lipinski definition) is 2. The summed E-state index contributed by atoms with van der Waals surface area (Å²) < 4.78 is 0. The summed E-state index contributed by atoms with van der Waals surface area (Å²) >= 11 is 0. The smallest absolute Gasteiger partial charge is 0.223 e. The first-order valence-electron chi connectivity index (χ1n) is 8.40. The zero-order chi connectivity index (χ0) is 14.0. The SMILES string of the molecule is CC1CCN(CCNC(=O)C2CC23CCNCC3)CC1. The van der Waals surface area contributed by atoms with Gasteiger partial charge in [-0.05, 0) is 69.6 Å². The molecule has 1 unspecified atom stereocenters. The van der Waals surface area contributed by atoms with Gasteiger partial charge in [0.05, 0.1) is 0 Å². The molecular weight excluding hydrogens is 250 g/mol. The Morgan fingerprint density at radius 3 is 2.70 bits per heavy atom. The lowest BCUT2D eigenvalue weighted by molar-refractivity contribution is -0.123. The fourth-order valence-electron chi connectivity index (χ4n) is 3.94. The van der Waals surface area contributed by atoms with E-state index in [4.69, 9.17) is 0 Å². The summed E-state index contributed by atoms with van der Waals surface area (Å²) in [6.45, 7) is 8.79. The largest absolute Gasteiger partial charge is 0.355 e. The molecule has 0 aromatic rings. The van der Waals surface area contributed by atoms with Crippen molar-refractivity contribution in [2.75, 3.05) is 39.3 Å². The molecule has 2 N–H and O–H groups in total. The first kappa shape index (κ1) is 14.3. The van der Waals surface area contributed by atoms with Crippen LogP contribution in [0.2, 0.25) is 0 Å². The van der Waals surface area contributed by atoms with Gasteiger partial charge in [0, 0.05) is 19.0 Å². The molecule has 0 aromatic carbocycles. The zero-order valence-corrected chi connectivity index (χ0v) is 12.8. The van der Waals surface area contributed by atoms with Crippen molar-refractivity contribution in [1.29, 1.82) is 0 Å². The summed E-state index contributed by atoms with van der Waals surface area (Å²) in [6, 6.07) is 0. The zero-order valence-electron chi connectivity index (χ0n) is 12.8. The minimum absolute atomic E-state index is 0.311. The minimum Gasteiger partial charge on any atom is -0.355 e. The van der Waals surface area contributed by atoms with Gasteiger partial charge in [-0.15, -0.1) is 0 Å². The number of rotatable bonds is 4. The van der Waals surface area contributed by atoms with E-state index in [0.717, 1.165) is 38.5 Å². The van der Waals surface area contributed by atoms with Crippen molar-refractivity contribution in [2.45, 2.75) is 39.0 Å². The molecule has 0 radical (unpaired) electrons. The number of nitrogens with zero attached hydrogens (tertiary/aromatic N) is 1. The molecule has 1 amide bonds. The first-order valence-corrected chi connectivity index (χ1v) is 8.40. The molecule has 0 aromatic heterocycles. The number of amides is 1. The molecule has 20 heavy (non-hydrogen) atoms. The Balaban J connectivity index is 1.34. The third-order valence-corrected chi connectivity index (χ3v) is 5.71. The van der Waals surface area contributed by atoms with Crippen molar-refractivity contribution in [1.82, 2.24) is 15.5 Å². The number of hydrogen-bond acceptors (Lipinski definition) is 3. The van der Waals surface area contributed by atoms with E-state index >= 15 is 0 Å². The normalized spacial score (nSPS) is 30.4. The van der Waals surface area contributed by atoms with E-state index in [2.05, 4.69) is 22.5 Å². The molecule has 1 atom stereocenters. The second kappa shape index (κ2) is 6.02. The average Bonchev–Trinajstić information content (AvgIpc) is 3.15. The first-order chi connectivity index (χ1) is 9.70. The Labute approximate surface area is 122 Å². The summed E-state index contributed by atoms with van der Waals surface area (Å²) in [5.74, 6) is 1.51. The maximum absolute atomic E-state index is 12.2.